The van der Waals surface area contributed by atoms with Crippen LogP contribution < -0.4 is 10.2 Å². The number of carbonyl (C=O) groups is 1. The minimum atomic E-state index is -0.301. The molecule has 3 rings (SSSR count). The number of benzene rings is 2. The van der Waals surface area contributed by atoms with Gasteiger partial charge in [0.25, 0.3) is 0 Å². The first kappa shape index (κ1) is 18.4. The van der Waals surface area contributed by atoms with Crippen molar-refractivity contribution in [3.05, 3.63) is 58.9 Å². The van der Waals surface area contributed by atoms with Crippen LogP contribution in [0.15, 0.2) is 36.4 Å². The summed E-state index contributed by atoms with van der Waals surface area (Å²) in [6, 6.07) is 11.2. The Bertz CT molecular complexity index is 798. The number of hydrogen-bond donors (Lipinski definition) is 1. The summed E-state index contributed by atoms with van der Waals surface area (Å²) in [5.41, 5.74) is 4.98. The molecule has 1 fully saturated rings. The van der Waals surface area contributed by atoms with Crippen molar-refractivity contribution in [2.24, 2.45) is 0 Å². The molecular weight excluding hydrogens is 329 g/mol. The highest BCUT2D eigenvalue weighted by atomic mass is 19.1. The summed E-state index contributed by atoms with van der Waals surface area (Å²) in [7, 11) is 0. The zero-order chi connectivity index (χ0) is 18.7. The molecule has 1 aliphatic rings. The van der Waals surface area contributed by atoms with E-state index in [1.165, 1.54) is 22.9 Å². The van der Waals surface area contributed by atoms with Gasteiger partial charge in [0.2, 0.25) is 5.91 Å². The van der Waals surface area contributed by atoms with Gasteiger partial charge in [0.05, 0.1) is 6.54 Å². The lowest BCUT2D eigenvalue weighted by molar-refractivity contribution is -0.117. The highest BCUT2D eigenvalue weighted by molar-refractivity contribution is 5.92. The number of halogens is 1. The minimum absolute atomic E-state index is 0.103. The molecule has 0 bridgehead atoms. The van der Waals surface area contributed by atoms with Crippen molar-refractivity contribution in [1.82, 2.24) is 4.90 Å². The number of hydrogen-bond acceptors (Lipinski definition) is 3. The van der Waals surface area contributed by atoms with E-state index in [9.17, 15) is 9.18 Å². The van der Waals surface area contributed by atoms with Gasteiger partial charge in [-0.15, -0.1) is 0 Å². The van der Waals surface area contributed by atoms with Crippen LogP contribution in [0.2, 0.25) is 0 Å². The number of piperazine rings is 1. The summed E-state index contributed by atoms with van der Waals surface area (Å²) in [4.78, 5) is 16.8. The molecule has 2 aromatic rings. The predicted octanol–water partition coefficient (Wildman–Crippen LogP) is 3.51. The van der Waals surface area contributed by atoms with Crippen LogP contribution in [0.1, 0.15) is 16.7 Å². The fourth-order valence-corrected chi connectivity index (χ4v) is 3.30. The van der Waals surface area contributed by atoms with Crippen LogP contribution in [-0.2, 0) is 4.79 Å². The van der Waals surface area contributed by atoms with Crippen LogP contribution in [-0.4, -0.2) is 43.5 Å². The maximum absolute atomic E-state index is 13.6. The molecule has 0 saturated carbocycles. The SMILES string of the molecule is Cc1ccc(NC(=O)CN2CCN(c3cccc(C)c3C)CC2)cc1F. The maximum atomic E-state index is 13.6. The molecule has 1 saturated heterocycles. The third-order valence-corrected chi connectivity index (χ3v) is 5.11. The normalized spacial score (nSPS) is 15.2. The second kappa shape index (κ2) is 7.87. The van der Waals surface area contributed by atoms with Crippen LogP contribution >= 0.6 is 0 Å². The molecule has 26 heavy (non-hydrogen) atoms. The van der Waals surface area contributed by atoms with Crippen molar-refractivity contribution < 1.29 is 9.18 Å². The smallest absolute Gasteiger partial charge is 0.238 e. The van der Waals surface area contributed by atoms with E-state index >= 15 is 0 Å². The van der Waals surface area contributed by atoms with Crippen LogP contribution in [0.4, 0.5) is 15.8 Å². The Labute approximate surface area is 154 Å². The van der Waals surface area contributed by atoms with Crippen LogP contribution in [0.3, 0.4) is 0 Å². The zero-order valence-corrected chi connectivity index (χ0v) is 15.7. The molecule has 1 heterocycles. The van der Waals surface area contributed by atoms with Crippen LogP contribution in [0, 0.1) is 26.6 Å². The van der Waals surface area contributed by atoms with E-state index in [-0.39, 0.29) is 11.7 Å². The van der Waals surface area contributed by atoms with E-state index < -0.39 is 0 Å². The molecule has 4 nitrogen and oxygen atoms in total. The van der Waals surface area contributed by atoms with Crippen molar-refractivity contribution in [2.45, 2.75) is 20.8 Å². The van der Waals surface area contributed by atoms with Crippen molar-refractivity contribution in [3.8, 4) is 0 Å². The number of nitrogens with zero attached hydrogens (tertiary/aromatic N) is 2. The standard InChI is InChI=1S/C21H26FN3O/c1-15-5-4-6-20(17(15)3)25-11-9-24(10-12-25)14-21(26)23-18-8-7-16(2)19(22)13-18/h4-8,13H,9-12,14H2,1-3H3,(H,23,26). The van der Waals surface area contributed by atoms with Gasteiger partial charge in [-0.1, -0.05) is 18.2 Å². The van der Waals surface area contributed by atoms with E-state index in [0.29, 0.717) is 17.8 Å². The average Bonchev–Trinajstić information content (AvgIpc) is 2.61. The summed E-state index contributed by atoms with van der Waals surface area (Å²) >= 11 is 0. The lowest BCUT2D eigenvalue weighted by Gasteiger charge is -2.36. The Morgan fingerprint density at radius 1 is 1.04 bits per heavy atom. The average molecular weight is 355 g/mol. The second-order valence-corrected chi connectivity index (χ2v) is 6.99. The Morgan fingerprint density at radius 3 is 2.46 bits per heavy atom. The largest absolute Gasteiger partial charge is 0.369 e. The molecule has 0 radical (unpaired) electrons. The topological polar surface area (TPSA) is 35.6 Å². The maximum Gasteiger partial charge on any atom is 0.238 e. The van der Waals surface area contributed by atoms with Gasteiger partial charge in [-0.05, 0) is 55.7 Å². The van der Waals surface area contributed by atoms with Crippen LogP contribution in [0.5, 0.6) is 0 Å². The molecular formula is C21H26FN3O. The van der Waals surface area contributed by atoms with E-state index in [0.717, 1.165) is 26.2 Å². The quantitative estimate of drug-likeness (QED) is 0.912. The van der Waals surface area contributed by atoms with Gasteiger partial charge in [-0.3, -0.25) is 9.69 Å². The number of amides is 1. The van der Waals surface area contributed by atoms with Gasteiger partial charge in [-0.2, -0.15) is 0 Å². The number of anilines is 2. The van der Waals surface area contributed by atoms with Crippen molar-refractivity contribution >= 4 is 17.3 Å². The first-order valence-corrected chi connectivity index (χ1v) is 9.03. The third kappa shape index (κ3) is 4.22. The molecule has 0 aromatic heterocycles. The fourth-order valence-electron chi connectivity index (χ4n) is 3.30. The monoisotopic (exact) mass is 355 g/mol. The number of carbonyl (C=O) groups excluding carboxylic acids is 1. The highest BCUT2D eigenvalue weighted by Crippen LogP contribution is 2.23. The second-order valence-electron chi connectivity index (χ2n) is 6.99. The molecule has 1 aliphatic heterocycles. The van der Waals surface area contributed by atoms with Gasteiger partial charge >= 0.3 is 0 Å². The van der Waals surface area contributed by atoms with Gasteiger partial charge < -0.3 is 10.2 Å². The lowest BCUT2D eigenvalue weighted by atomic mass is 10.1. The fraction of sp³-hybridized carbons (Fsp3) is 0.381. The first-order valence-electron chi connectivity index (χ1n) is 9.03. The Balaban J connectivity index is 1.52. The minimum Gasteiger partial charge on any atom is -0.369 e. The number of rotatable bonds is 4. The molecule has 1 N–H and O–H groups in total. The van der Waals surface area contributed by atoms with Gasteiger partial charge in [-0.25, -0.2) is 4.39 Å². The lowest BCUT2D eigenvalue weighted by Crippen LogP contribution is -2.48. The number of aryl methyl sites for hydroxylation is 2. The molecule has 0 unspecified atom stereocenters. The van der Waals surface area contributed by atoms with Gasteiger partial charge in [0.15, 0.2) is 0 Å². The van der Waals surface area contributed by atoms with Crippen molar-refractivity contribution in [1.29, 1.82) is 0 Å². The van der Waals surface area contributed by atoms with Gasteiger partial charge in [0.1, 0.15) is 5.82 Å². The predicted molar refractivity (Wildman–Crippen MR) is 104 cm³/mol. The molecule has 0 spiro atoms. The Kier molecular flexibility index (Phi) is 5.57. The molecule has 138 valence electrons. The van der Waals surface area contributed by atoms with E-state index in [1.807, 2.05) is 0 Å². The van der Waals surface area contributed by atoms with E-state index in [1.54, 1.807) is 19.1 Å². The van der Waals surface area contributed by atoms with Crippen molar-refractivity contribution in [2.75, 3.05) is 42.9 Å². The summed E-state index contributed by atoms with van der Waals surface area (Å²) < 4.78 is 13.6. The summed E-state index contributed by atoms with van der Waals surface area (Å²) in [5.74, 6) is -0.404. The molecule has 5 heteroatoms. The third-order valence-electron chi connectivity index (χ3n) is 5.11. The van der Waals surface area contributed by atoms with E-state index in [4.69, 9.17) is 0 Å². The van der Waals surface area contributed by atoms with E-state index in [2.05, 4.69) is 47.2 Å². The summed E-state index contributed by atoms with van der Waals surface area (Å²) in [6.45, 7) is 9.80. The van der Waals surface area contributed by atoms with Crippen LogP contribution in [0.25, 0.3) is 0 Å². The van der Waals surface area contributed by atoms with Gasteiger partial charge in [0, 0.05) is 37.6 Å². The first-order chi connectivity index (χ1) is 12.4. The molecule has 1 amide bonds. The van der Waals surface area contributed by atoms with Crippen molar-refractivity contribution in [3.63, 3.8) is 0 Å². The number of nitrogens with one attached hydrogen (secondary N) is 1. The zero-order valence-electron chi connectivity index (χ0n) is 15.7. The molecule has 2 aromatic carbocycles. The Morgan fingerprint density at radius 2 is 1.77 bits per heavy atom. The highest BCUT2D eigenvalue weighted by Gasteiger charge is 2.20. The Hall–Kier alpha value is -2.40. The summed E-state index contributed by atoms with van der Waals surface area (Å²) in [5, 5.41) is 2.78. The summed E-state index contributed by atoms with van der Waals surface area (Å²) in [6.07, 6.45) is 0. The molecule has 0 aliphatic carbocycles. The molecule has 0 atom stereocenters.